The van der Waals surface area contributed by atoms with Crippen molar-refractivity contribution in [2.45, 2.75) is 44.9 Å². The molecule has 0 amide bonds. The molecule has 0 saturated heterocycles. The SMILES string of the molecule is CC(C(=O)O)c1ccc2c(c1)CCN2CC1CCCC1. The molecule has 1 aliphatic heterocycles. The summed E-state index contributed by atoms with van der Waals surface area (Å²) < 4.78 is 0. The predicted octanol–water partition coefficient (Wildman–Crippen LogP) is 3.43. The molecule has 0 bridgehead atoms. The Morgan fingerprint density at radius 1 is 1.40 bits per heavy atom. The van der Waals surface area contributed by atoms with E-state index in [2.05, 4.69) is 17.0 Å². The van der Waals surface area contributed by atoms with E-state index in [4.69, 9.17) is 5.11 Å². The molecule has 1 aromatic rings. The fourth-order valence-electron chi connectivity index (χ4n) is 3.60. The Kier molecular flexibility index (Phi) is 3.68. The smallest absolute Gasteiger partial charge is 0.310 e. The maximum absolute atomic E-state index is 11.1. The molecule has 2 aliphatic rings. The van der Waals surface area contributed by atoms with Crippen LogP contribution in [-0.2, 0) is 11.2 Å². The highest BCUT2D eigenvalue weighted by molar-refractivity contribution is 5.76. The third-order valence-electron chi connectivity index (χ3n) is 4.92. The third kappa shape index (κ3) is 2.54. The number of carbonyl (C=O) groups is 1. The molecule has 1 N–H and O–H groups in total. The van der Waals surface area contributed by atoms with Gasteiger partial charge in [-0.15, -0.1) is 0 Å². The zero-order valence-corrected chi connectivity index (χ0v) is 12.1. The van der Waals surface area contributed by atoms with Gasteiger partial charge < -0.3 is 10.0 Å². The van der Waals surface area contributed by atoms with Crippen molar-refractivity contribution >= 4 is 11.7 Å². The van der Waals surface area contributed by atoms with Crippen LogP contribution in [0.2, 0.25) is 0 Å². The van der Waals surface area contributed by atoms with Gasteiger partial charge in [0.1, 0.15) is 0 Å². The van der Waals surface area contributed by atoms with Gasteiger partial charge >= 0.3 is 5.97 Å². The topological polar surface area (TPSA) is 40.5 Å². The molecule has 0 aromatic heterocycles. The Balaban J connectivity index is 1.75. The summed E-state index contributed by atoms with van der Waals surface area (Å²) in [4.78, 5) is 13.6. The van der Waals surface area contributed by atoms with Crippen LogP contribution in [-0.4, -0.2) is 24.2 Å². The minimum atomic E-state index is -0.745. The van der Waals surface area contributed by atoms with E-state index in [0.717, 1.165) is 24.4 Å². The van der Waals surface area contributed by atoms with Gasteiger partial charge in [0.25, 0.3) is 0 Å². The number of hydrogen-bond acceptors (Lipinski definition) is 2. The Hall–Kier alpha value is -1.51. The van der Waals surface area contributed by atoms with Gasteiger partial charge in [-0.05, 0) is 49.3 Å². The lowest BCUT2D eigenvalue weighted by molar-refractivity contribution is -0.138. The second-order valence-electron chi connectivity index (χ2n) is 6.29. The average molecular weight is 273 g/mol. The van der Waals surface area contributed by atoms with Gasteiger partial charge in [-0.2, -0.15) is 0 Å². The molecule has 1 fully saturated rings. The monoisotopic (exact) mass is 273 g/mol. The molecular formula is C17H23NO2. The Morgan fingerprint density at radius 2 is 2.15 bits per heavy atom. The van der Waals surface area contributed by atoms with Crippen molar-refractivity contribution in [1.82, 2.24) is 0 Å². The average Bonchev–Trinajstić information content (AvgIpc) is 3.08. The number of anilines is 1. The van der Waals surface area contributed by atoms with Gasteiger partial charge in [-0.25, -0.2) is 0 Å². The largest absolute Gasteiger partial charge is 0.481 e. The number of rotatable bonds is 4. The molecule has 1 unspecified atom stereocenters. The first kappa shape index (κ1) is 13.5. The third-order valence-corrected chi connectivity index (χ3v) is 4.92. The van der Waals surface area contributed by atoms with Crippen LogP contribution in [0.3, 0.4) is 0 Å². The summed E-state index contributed by atoms with van der Waals surface area (Å²) in [7, 11) is 0. The molecule has 3 heteroatoms. The number of aliphatic carboxylic acids is 1. The fraction of sp³-hybridized carbons (Fsp3) is 0.588. The lowest BCUT2D eigenvalue weighted by Crippen LogP contribution is -2.26. The summed E-state index contributed by atoms with van der Waals surface area (Å²) in [6.45, 7) is 4.03. The first-order valence-corrected chi connectivity index (χ1v) is 7.75. The maximum atomic E-state index is 11.1. The number of hydrogen-bond donors (Lipinski definition) is 1. The number of benzene rings is 1. The highest BCUT2D eigenvalue weighted by Crippen LogP contribution is 2.34. The molecule has 20 heavy (non-hydrogen) atoms. The Bertz CT molecular complexity index is 506. The molecule has 108 valence electrons. The van der Waals surface area contributed by atoms with E-state index in [-0.39, 0.29) is 0 Å². The van der Waals surface area contributed by atoms with Crippen molar-refractivity contribution in [1.29, 1.82) is 0 Å². The summed E-state index contributed by atoms with van der Waals surface area (Å²) in [6, 6.07) is 6.22. The maximum Gasteiger partial charge on any atom is 0.310 e. The van der Waals surface area contributed by atoms with Crippen molar-refractivity contribution in [2.24, 2.45) is 5.92 Å². The zero-order chi connectivity index (χ0) is 14.1. The lowest BCUT2D eigenvalue weighted by Gasteiger charge is -2.23. The normalized spacial score (nSPS) is 20.1. The highest BCUT2D eigenvalue weighted by atomic mass is 16.4. The molecule has 1 aromatic carbocycles. The van der Waals surface area contributed by atoms with E-state index in [1.165, 1.54) is 43.5 Å². The number of nitrogens with zero attached hydrogens (tertiary/aromatic N) is 1. The van der Waals surface area contributed by atoms with Crippen molar-refractivity contribution in [3.8, 4) is 0 Å². The number of fused-ring (bicyclic) bond motifs is 1. The molecule has 1 saturated carbocycles. The van der Waals surface area contributed by atoms with Crippen LogP contribution in [0.1, 0.15) is 49.7 Å². The van der Waals surface area contributed by atoms with Gasteiger partial charge in [-0.3, -0.25) is 4.79 Å². The molecule has 0 radical (unpaired) electrons. The van der Waals surface area contributed by atoms with Gasteiger partial charge in [0.2, 0.25) is 0 Å². The van der Waals surface area contributed by atoms with Crippen LogP contribution in [0.5, 0.6) is 0 Å². The van der Waals surface area contributed by atoms with E-state index in [9.17, 15) is 4.79 Å². The van der Waals surface area contributed by atoms with Crippen LogP contribution >= 0.6 is 0 Å². The second-order valence-corrected chi connectivity index (χ2v) is 6.29. The molecule has 1 aliphatic carbocycles. The van der Waals surface area contributed by atoms with Crippen LogP contribution in [0, 0.1) is 5.92 Å². The fourth-order valence-corrected chi connectivity index (χ4v) is 3.60. The number of carboxylic acids is 1. The van der Waals surface area contributed by atoms with Gasteiger partial charge in [0.15, 0.2) is 0 Å². The molecule has 3 rings (SSSR count). The summed E-state index contributed by atoms with van der Waals surface area (Å²) in [5.74, 6) is -0.298. The van der Waals surface area contributed by atoms with E-state index in [1.807, 2.05) is 6.07 Å². The van der Waals surface area contributed by atoms with Crippen LogP contribution in [0.15, 0.2) is 18.2 Å². The molecule has 1 atom stereocenters. The molecule has 3 nitrogen and oxygen atoms in total. The van der Waals surface area contributed by atoms with Gasteiger partial charge in [-0.1, -0.05) is 25.0 Å². The minimum absolute atomic E-state index is 0.413. The van der Waals surface area contributed by atoms with Crippen LogP contribution < -0.4 is 4.90 Å². The van der Waals surface area contributed by atoms with Crippen molar-refractivity contribution in [2.75, 3.05) is 18.0 Å². The number of carboxylic acid groups (broad SMARTS) is 1. The first-order valence-electron chi connectivity index (χ1n) is 7.75. The van der Waals surface area contributed by atoms with E-state index >= 15 is 0 Å². The van der Waals surface area contributed by atoms with Crippen LogP contribution in [0.4, 0.5) is 5.69 Å². The lowest BCUT2D eigenvalue weighted by atomic mass is 9.98. The van der Waals surface area contributed by atoms with E-state index < -0.39 is 11.9 Å². The summed E-state index contributed by atoms with van der Waals surface area (Å²) >= 11 is 0. The van der Waals surface area contributed by atoms with Crippen molar-refractivity contribution in [3.63, 3.8) is 0 Å². The molecular weight excluding hydrogens is 250 g/mol. The van der Waals surface area contributed by atoms with E-state index in [0.29, 0.717) is 0 Å². The van der Waals surface area contributed by atoms with Crippen molar-refractivity contribution in [3.05, 3.63) is 29.3 Å². The van der Waals surface area contributed by atoms with Gasteiger partial charge in [0, 0.05) is 18.8 Å². The molecule has 0 spiro atoms. The summed E-state index contributed by atoms with van der Waals surface area (Å²) in [5, 5.41) is 9.12. The zero-order valence-electron chi connectivity index (χ0n) is 12.1. The standard InChI is InChI=1S/C17H23NO2/c1-12(17(19)20)14-6-7-16-15(10-14)8-9-18(16)11-13-4-2-3-5-13/h6-7,10,12-13H,2-5,8-9,11H2,1H3,(H,19,20). The Morgan fingerprint density at radius 3 is 2.85 bits per heavy atom. The highest BCUT2D eigenvalue weighted by Gasteiger charge is 2.25. The second kappa shape index (κ2) is 5.47. The van der Waals surface area contributed by atoms with Crippen molar-refractivity contribution < 1.29 is 9.90 Å². The van der Waals surface area contributed by atoms with Crippen LogP contribution in [0.25, 0.3) is 0 Å². The summed E-state index contributed by atoms with van der Waals surface area (Å²) in [6.07, 6.45) is 6.59. The molecule has 1 heterocycles. The predicted molar refractivity (Wildman–Crippen MR) is 80.4 cm³/mol. The minimum Gasteiger partial charge on any atom is -0.481 e. The van der Waals surface area contributed by atoms with Gasteiger partial charge in [0.05, 0.1) is 5.92 Å². The Labute approximate surface area is 120 Å². The quantitative estimate of drug-likeness (QED) is 0.913. The summed E-state index contributed by atoms with van der Waals surface area (Å²) in [5.41, 5.74) is 3.59. The van der Waals surface area contributed by atoms with E-state index in [1.54, 1.807) is 6.92 Å². The first-order chi connectivity index (χ1) is 9.65.